The van der Waals surface area contributed by atoms with Crippen molar-refractivity contribution in [3.63, 3.8) is 0 Å². The fourth-order valence-corrected chi connectivity index (χ4v) is 3.57. The molecule has 0 aliphatic carbocycles. The second-order valence-electron chi connectivity index (χ2n) is 5.40. The molecule has 0 aliphatic rings. The molecule has 1 N–H and O–H groups in total. The van der Waals surface area contributed by atoms with E-state index >= 15 is 0 Å². The van der Waals surface area contributed by atoms with E-state index in [1.165, 1.54) is 12.3 Å². The molecule has 3 aromatic rings. The molecule has 0 saturated heterocycles. The van der Waals surface area contributed by atoms with E-state index in [1.807, 2.05) is 43.3 Å². The molecular formula is C18H17N3O2S. The second kappa shape index (κ2) is 6.90. The van der Waals surface area contributed by atoms with E-state index in [-0.39, 0.29) is 10.9 Å². The highest BCUT2D eigenvalue weighted by molar-refractivity contribution is 7.89. The van der Waals surface area contributed by atoms with Crippen molar-refractivity contribution >= 4 is 10.0 Å². The lowest BCUT2D eigenvalue weighted by molar-refractivity contribution is 0.566. The molecule has 0 saturated carbocycles. The molecule has 0 fully saturated rings. The van der Waals surface area contributed by atoms with Gasteiger partial charge in [-0.3, -0.25) is 9.97 Å². The van der Waals surface area contributed by atoms with E-state index in [2.05, 4.69) is 14.7 Å². The summed E-state index contributed by atoms with van der Waals surface area (Å²) in [7, 11) is -3.59. The molecule has 2 aromatic heterocycles. The van der Waals surface area contributed by atoms with Gasteiger partial charge in [0.1, 0.15) is 4.90 Å². The number of hydrogen-bond donors (Lipinski definition) is 1. The van der Waals surface area contributed by atoms with Gasteiger partial charge in [0, 0.05) is 30.8 Å². The van der Waals surface area contributed by atoms with Crippen LogP contribution in [0.15, 0.2) is 78.2 Å². The normalized spacial score (nSPS) is 12.7. The Balaban J connectivity index is 1.77. The third-order valence-corrected chi connectivity index (χ3v) is 5.21. The lowest BCUT2D eigenvalue weighted by atomic mass is 10.0. The van der Waals surface area contributed by atoms with Gasteiger partial charge in [-0.05, 0) is 41.8 Å². The number of benzene rings is 1. The average Bonchev–Trinajstić information content (AvgIpc) is 2.63. The molecule has 1 atom stereocenters. The average molecular weight is 339 g/mol. The summed E-state index contributed by atoms with van der Waals surface area (Å²) in [6.45, 7) is 1.81. The van der Waals surface area contributed by atoms with Crippen molar-refractivity contribution in [2.75, 3.05) is 0 Å². The zero-order valence-corrected chi connectivity index (χ0v) is 13.9. The number of sulfonamides is 1. The van der Waals surface area contributed by atoms with Crippen LogP contribution in [0.3, 0.4) is 0 Å². The fraction of sp³-hybridized carbons (Fsp3) is 0.111. The Kier molecular flexibility index (Phi) is 4.69. The van der Waals surface area contributed by atoms with Gasteiger partial charge >= 0.3 is 0 Å². The molecular weight excluding hydrogens is 322 g/mol. The second-order valence-corrected chi connectivity index (χ2v) is 7.11. The maximum Gasteiger partial charge on any atom is 0.242 e. The first-order chi connectivity index (χ1) is 11.6. The predicted molar refractivity (Wildman–Crippen MR) is 92.6 cm³/mol. The van der Waals surface area contributed by atoms with Gasteiger partial charge in [0.25, 0.3) is 0 Å². The first-order valence-corrected chi connectivity index (χ1v) is 8.97. The summed E-state index contributed by atoms with van der Waals surface area (Å²) in [5.74, 6) is 0. The Hall–Kier alpha value is -2.57. The maximum atomic E-state index is 12.3. The predicted octanol–water partition coefficient (Wildman–Crippen LogP) is 3.18. The van der Waals surface area contributed by atoms with E-state index in [0.29, 0.717) is 0 Å². The van der Waals surface area contributed by atoms with Crippen molar-refractivity contribution in [3.8, 4) is 11.1 Å². The highest BCUT2D eigenvalue weighted by atomic mass is 32.2. The van der Waals surface area contributed by atoms with Crippen LogP contribution in [0.4, 0.5) is 0 Å². The van der Waals surface area contributed by atoms with Gasteiger partial charge in [-0.2, -0.15) is 0 Å². The lowest BCUT2D eigenvalue weighted by Crippen LogP contribution is -2.26. The summed E-state index contributed by atoms with van der Waals surface area (Å²) in [5, 5.41) is 0. The molecule has 0 spiro atoms. The van der Waals surface area contributed by atoms with Crippen LogP contribution in [0.5, 0.6) is 0 Å². The summed E-state index contributed by atoms with van der Waals surface area (Å²) in [5.41, 5.74) is 2.94. The minimum atomic E-state index is -3.59. The molecule has 0 radical (unpaired) electrons. The van der Waals surface area contributed by atoms with Gasteiger partial charge in [0.2, 0.25) is 10.0 Å². The minimum Gasteiger partial charge on any atom is -0.264 e. The van der Waals surface area contributed by atoms with Crippen LogP contribution in [0.25, 0.3) is 11.1 Å². The highest BCUT2D eigenvalue weighted by Crippen LogP contribution is 2.22. The Labute approximate surface area is 141 Å². The largest absolute Gasteiger partial charge is 0.264 e. The molecule has 1 unspecified atom stereocenters. The SMILES string of the molecule is CC(NS(=O)(=O)c1cccnc1)c1ccc(-c2cccnc2)cc1. The molecule has 5 nitrogen and oxygen atoms in total. The van der Waals surface area contributed by atoms with Crippen molar-refractivity contribution in [2.45, 2.75) is 17.9 Å². The molecule has 0 bridgehead atoms. The van der Waals surface area contributed by atoms with Crippen molar-refractivity contribution in [1.82, 2.24) is 14.7 Å². The van der Waals surface area contributed by atoms with Gasteiger partial charge in [0.05, 0.1) is 0 Å². The number of rotatable bonds is 5. The minimum absolute atomic E-state index is 0.156. The standard InChI is InChI=1S/C18H17N3O2S/c1-14(21-24(22,23)18-5-3-11-20-13-18)15-6-8-16(9-7-15)17-4-2-10-19-12-17/h2-14,21H,1H3. The zero-order valence-electron chi connectivity index (χ0n) is 13.1. The third kappa shape index (κ3) is 3.67. The Morgan fingerprint density at radius 3 is 2.12 bits per heavy atom. The summed E-state index contributed by atoms with van der Waals surface area (Å²) in [4.78, 5) is 8.11. The maximum absolute atomic E-state index is 12.3. The molecule has 24 heavy (non-hydrogen) atoms. The van der Waals surface area contributed by atoms with Crippen LogP contribution in [0.1, 0.15) is 18.5 Å². The summed E-state index contributed by atoms with van der Waals surface area (Å²) >= 11 is 0. The lowest BCUT2D eigenvalue weighted by Gasteiger charge is -2.15. The van der Waals surface area contributed by atoms with Crippen LogP contribution in [0, 0.1) is 0 Å². The molecule has 0 aliphatic heterocycles. The van der Waals surface area contributed by atoms with Crippen LogP contribution < -0.4 is 4.72 Å². The van der Waals surface area contributed by atoms with Gasteiger partial charge < -0.3 is 0 Å². The van der Waals surface area contributed by atoms with E-state index in [9.17, 15) is 8.42 Å². The first-order valence-electron chi connectivity index (χ1n) is 7.49. The first kappa shape index (κ1) is 16.3. The quantitative estimate of drug-likeness (QED) is 0.775. The summed E-state index contributed by atoms with van der Waals surface area (Å²) < 4.78 is 27.4. The highest BCUT2D eigenvalue weighted by Gasteiger charge is 2.18. The van der Waals surface area contributed by atoms with Crippen LogP contribution >= 0.6 is 0 Å². The summed E-state index contributed by atoms with van der Waals surface area (Å²) in [6.07, 6.45) is 6.40. The topological polar surface area (TPSA) is 72.0 Å². The van der Waals surface area contributed by atoms with Crippen LogP contribution in [-0.4, -0.2) is 18.4 Å². The fourth-order valence-electron chi connectivity index (χ4n) is 2.37. The zero-order chi connectivity index (χ0) is 17.0. The number of aromatic nitrogens is 2. The van der Waals surface area contributed by atoms with Crippen molar-refractivity contribution in [3.05, 3.63) is 78.9 Å². The molecule has 1 aromatic carbocycles. The molecule has 122 valence electrons. The van der Waals surface area contributed by atoms with Crippen LogP contribution in [-0.2, 0) is 10.0 Å². The monoisotopic (exact) mass is 339 g/mol. The van der Waals surface area contributed by atoms with Gasteiger partial charge in [-0.1, -0.05) is 30.3 Å². The number of nitrogens with zero attached hydrogens (tertiary/aromatic N) is 2. The van der Waals surface area contributed by atoms with Crippen LogP contribution in [0.2, 0.25) is 0 Å². The Morgan fingerprint density at radius 1 is 0.875 bits per heavy atom. The molecule has 6 heteroatoms. The Bertz CT molecular complexity index is 896. The van der Waals surface area contributed by atoms with Gasteiger partial charge in [-0.25, -0.2) is 13.1 Å². The third-order valence-electron chi connectivity index (χ3n) is 3.68. The summed E-state index contributed by atoms with van der Waals surface area (Å²) in [6, 6.07) is 14.4. The van der Waals surface area contributed by atoms with Gasteiger partial charge in [-0.15, -0.1) is 0 Å². The molecule has 3 rings (SSSR count). The molecule has 0 amide bonds. The van der Waals surface area contributed by atoms with Gasteiger partial charge in [0.15, 0.2) is 0 Å². The van der Waals surface area contributed by atoms with E-state index < -0.39 is 10.0 Å². The van der Waals surface area contributed by atoms with E-state index in [4.69, 9.17) is 0 Å². The number of nitrogens with one attached hydrogen (secondary N) is 1. The number of hydrogen-bond acceptors (Lipinski definition) is 4. The van der Waals surface area contributed by atoms with E-state index in [1.54, 1.807) is 24.7 Å². The Morgan fingerprint density at radius 2 is 1.54 bits per heavy atom. The molecule has 2 heterocycles. The number of pyridine rings is 2. The van der Waals surface area contributed by atoms with Crippen molar-refractivity contribution in [2.24, 2.45) is 0 Å². The van der Waals surface area contributed by atoms with Crippen molar-refractivity contribution in [1.29, 1.82) is 0 Å². The van der Waals surface area contributed by atoms with E-state index in [0.717, 1.165) is 16.7 Å². The van der Waals surface area contributed by atoms with Crippen molar-refractivity contribution < 1.29 is 8.42 Å². The smallest absolute Gasteiger partial charge is 0.242 e.